The van der Waals surface area contributed by atoms with Crippen molar-refractivity contribution in [3.8, 4) is 28.3 Å². The standard InChI is InChI=1S/C25H24N4O3/c1-26-28-23-14-32-25-22(29(23)15-30)13-21(17-5-3-2-4-6-17)24(27-25)18-9-7-16(8-10-18)19-11-20(31)12-19/h2-10,13,15,19-20,26,31H,11-12,14H2,1H3/b28-23-. The van der Waals surface area contributed by atoms with Crippen molar-refractivity contribution >= 4 is 17.9 Å². The van der Waals surface area contributed by atoms with Crippen LogP contribution >= 0.6 is 0 Å². The molecule has 1 fully saturated rings. The molecular weight excluding hydrogens is 404 g/mol. The largest absolute Gasteiger partial charge is 0.468 e. The number of nitrogens with zero attached hydrogens (tertiary/aromatic N) is 3. The molecule has 0 unspecified atom stereocenters. The molecule has 0 saturated heterocycles. The molecule has 5 rings (SSSR count). The van der Waals surface area contributed by atoms with Gasteiger partial charge in [0.15, 0.2) is 12.4 Å². The summed E-state index contributed by atoms with van der Waals surface area (Å²) in [6.07, 6.45) is 2.19. The number of amidine groups is 1. The van der Waals surface area contributed by atoms with Crippen LogP contribution in [-0.4, -0.2) is 42.1 Å². The molecule has 0 radical (unpaired) electrons. The zero-order chi connectivity index (χ0) is 22.1. The molecule has 1 aliphatic carbocycles. The molecule has 1 aromatic heterocycles. The van der Waals surface area contributed by atoms with Crippen LogP contribution < -0.4 is 15.1 Å². The van der Waals surface area contributed by atoms with Crippen molar-refractivity contribution in [3.63, 3.8) is 0 Å². The van der Waals surface area contributed by atoms with Gasteiger partial charge in [-0.05, 0) is 36.0 Å². The van der Waals surface area contributed by atoms with Gasteiger partial charge in [0.1, 0.15) is 5.69 Å². The van der Waals surface area contributed by atoms with Gasteiger partial charge in [0.25, 0.3) is 0 Å². The van der Waals surface area contributed by atoms with E-state index in [2.05, 4.69) is 34.8 Å². The number of nitrogens with one attached hydrogen (secondary N) is 1. The van der Waals surface area contributed by atoms with Crippen molar-refractivity contribution in [2.24, 2.45) is 5.10 Å². The molecule has 7 nitrogen and oxygen atoms in total. The summed E-state index contributed by atoms with van der Waals surface area (Å²) < 4.78 is 5.86. The van der Waals surface area contributed by atoms with Crippen molar-refractivity contribution in [3.05, 3.63) is 66.2 Å². The summed E-state index contributed by atoms with van der Waals surface area (Å²) in [5.41, 5.74) is 8.15. The first-order valence-corrected chi connectivity index (χ1v) is 10.7. The molecule has 32 heavy (non-hydrogen) atoms. The molecule has 7 heteroatoms. The fraction of sp³-hybridized carbons (Fsp3) is 0.240. The summed E-state index contributed by atoms with van der Waals surface area (Å²) in [6, 6.07) is 20.2. The van der Waals surface area contributed by atoms with Crippen LogP contribution in [0.3, 0.4) is 0 Å². The fourth-order valence-electron chi connectivity index (χ4n) is 4.27. The molecule has 2 N–H and O–H groups in total. The lowest BCUT2D eigenvalue weighted by molar-refractivity contribution is -0.106. The predicted octanol–water partition coefficient (Wildman–Crippen LogP) is 3.54. The van der Waals surface area contributed by atoms with E-state index in [1.165, 1.54) is 10.5 Å². The number of fused-ring (bicyclic) bond motifs is 1. The second-order valence-corrected chi connectivity index (χ2v) is 8.03. The van der Waals surface area contributed by atoms with Crippen LogP contribution in [-0.2, 0) is 4.79 Å². The zero-order valence-corrected chi connectivity index (χ0v) is 17.7. The van der Waals surface area contributed by atoms with E-state index in [-0.39, 0.29) is 12.7 Å². The summed E-state index contributed by atoms with van der Waals surface area (Å²) in [5, 5.41) is 13.8. The van der Waals surface area contributed by atoms with E-state index in [1.807, 2.05) is 36.4 Å². The summed E-state index contributed by atoms with van der Waals surface area (Å²) in [7, 11) is 1.68. The maximum absolute atomic E-state index is 11.9. The molecule has 1 saturated carbocycles. The lowest BCUT2D eigenvalue weighted by atomic mass is 9.77. The van der Waals surface area contributed by atoms with Crippen LogP contribution in [0.1, 0.15) is 24.3 Å². The van der Waals surface area contributed by atoms with Gasteiger partial charge in [-0.1, -0.05) is 54.6 Å². The first-order valence-electron chi connectivity index (χ1n) is 10.7. The van der Waals surface area contributed by atoms with Crippen LogP contribution in [0.5, 0.6) is 5.88 Å². The highest BCUT2D eigenvalue weighted by Crippen LogP contribution is 2.41. The van der Waals surface area contributed by atoms with Gasteiger partial charge in [0.2, 0.25) is 12.3 Å². The molecule has 0 spiro atoms. The lowest BCUT2D eigenvalue weighted by Crippen LogP contribution is -2.39. The number of hydrogen-bond acceptors (Lipinski definition) is 6. The van der Waals surface area contributed by atoms with Crippen molar-refractivity contribution in [1.82, 2.24) is 10.4 Å². The topological polar surface area (TPSA) is 87.1 Å². The Morgan fingerprint density at radius 1 is 1.12 bits per heavy atom. The number of ether oxygens (including phenoxy) is 1. The maximum atomic E-state index is 11.9. The number of aliphatic hydroxyl groups is 1. The number of aromatic nitrogens is 1. The van der Waals surface area contributed by atoms with Crippen molar-refractivity contribution in [2.75, 3.05) is 18.6 Å². The van der Waals surface area contributed by atoms with E-state index < -0.39 is 0 Å². The molecule has 0 atom stereocenters. The van der Waals surface area contributed by atoms with Gasteiger partial charge in [-0.25, -0.2) is 4.98 Å². The Labute approximate surface area is 186 Å². The number of hydrogen-bond donors (Lipinski definition) is 2. The highest BCUT2D eigenvalue weighted by atomic mass is 16.5. The monoisotopic (exact) mass is 428 g/mol. The molecule has 2 aliphatic rings. The number of anilines is 1. The minimum Gasteiger partial charge on any atom is -0.468 e. The van der Waals surface area contributed by atoms with Gasteiger partial charge in [-0.3, -0.25) is 9.69 Å². The second kappa shape index (κ2) is 8.43. The van der Waals surface area contributed by atoms with Gasteiger partial charge >= 0.3 is 0 Å². The average Bonchev–Trinajstić information content (AvgIpc) is 2.82. The first-order chi connectivity index (χ1) is 15.7. The minimum atomic E-state index is -0.180. The molecule has 0 bridgehead atoms. The molecule has 2 aromatic carbocycles. The number of hydrazone groups is 1. The molecular formula is C25H24N4O3. The van der Waals surface area contributed by atoms with E-state index >= 15 is 0 Å². The Morgan fingerprint density at radius 3 is 2.53 bits per heavy atom. The van der Waals surface area contributed by atoms with Crippen LogP contribution in [0.4, 0.5) is 5.69 Å². The number of benzene rings is 2. The van der Waals surface area contributed by atoms with Crippen LogP contribution in [0.25, 0.3) is 22.4 Å². The zero-order valence-electron chi connectivity index (χ0n) is 17.7. The Bertz CT molecular complexity index is 1160. The maximum Gasteiger partial charge on any atom is 0.239 e. The van der Waals surface area contributed by atoms with Crippen molar-refractivity contribution in [2.45, 2.75) is 24.9 Å². The summed E-state index contributed by atoms with van der Waals surface area (Å²) in [4.78, 5) is 18.2. The number of amides is 1. The normalized spacial score (nSPS) is 20.8. The van der Waals surface area contributed by atoms with Gasteiger partial charge < -0.3 is 15.3 Å². The quantitative estimate of drug-likeness (QED) is 0.480. The molecule has 2 heterocycles. The highest BCUT2D eigenvalue weighted by Gasteiger charge is 2.29. The summed E-state index contributed by atoms with van der Waals surface area (Å²) >= 11 is 0. The Balaban J connectivity index is 1.61. The SMILES string of the molecule is CN/N=C1/COc2nc(-c3ccc(C4CC(O)C4)cc3)c(-c3ccccc3)cc2N1C=O. The van der Waals surface area contributed by atoms with Gasteiger partial charge in [-0.15, -0.1) is 0 Å². The van der Waals surface area contributed by atoms with Crippen LogP contribution in [0.2, 0.25) is 0 Å². The van der Waals surface area contributed by atoms with Crippen molar-refractivity contribution < 1.29 is 14.6 Å². The van der Waals surface area contributed by atoms with E-state index in [9.17, 15) is 9.90 Å². The third-order valence-corrected chi connectivity index (χ3v) is 6.04. The molecule has 1 aliphatic heterocycles. The number of pyridine rings is 1. The van der Waals surface area contributed by atoms with Crippen molar-refractivity contribution in [1.29, 1.82) is 0 Å². The van der Waals surface area contributed by atoms with E-state index in [0.717, 1.165) is 41.6 Å². The first kappa shape index (κ1) is 20.2. The smallest absolute Gasteiger partial charge is 0.239 e. The minimum absolute atomic E-state index is 0.145. The Kier molecular flexibility index (Phi) is 5.33. The van der Waals surface area contributed by atoms with Crippen LogP contribution in [0.15, 0.2) is 65.8 Å². The predicted molar refractivity (Wildman–Crippen MR) is 124 cm³/mol. The fourth-order valence-corrected chi connectivity index (χ4v) is 4.27. The average molecular weight is 428 g/mol. The number of rotatable bonds is 5. The van der Waals surface area contributed by atoms with Crippen LogP contribution in [0, 0.1) is 0 Å². The summed E-state index contributed by atoms with van der Waals surface area (Å²) in [5.74, 6) is 1.28. The van der Waals surface area contributed by atoms with E-state index in [4.69, 9.17) is 9.72 Å². The third kappa shape index (κ3) is 3.61. The number of aliphatic hydroxyl groups excluding tert-OH is 1. The van der Waals surface area contributed by atoms with Gasteiger partial charge in [-0.2, -0.15) is 5.10 Å². The number of carbonyl (C=O) groups is 1. The Morgan fingerprint density at radius 2 is 1.88 bits per heavy atom. The van der Waals surface area contributed by atoms with Gasteiger partial charge in [0.05, 0.1) is 11.8 Å². The van der Waals surface area contributed by atoms with Gasteiger partial charge in [0, 0.05) is 18.2 Å². The molecule has 1 amide bonds. The summed E-state index contributed by atoms with van der Waals surface area (Å²) in [6.45, 7) is 0.145. The lowest BCUT2D eigenvalue weighted by Gasteiger charge is -2.31. The van der Waals surface area contributed by atoms with E-state index in [1.54, 1.807) is 7.05 Å². The number of carbonyl (C=O) groups excluding carboxylic acids is 1. The van der Waals surface area contributed by atoms with E-state index in [0.29, 0.717) is 23.3 Å². The molecule has 3 aromatic rings. The third-order valence-electron chi connectivity index (χ3n) is 6.04. The Hall–Kier alpha value is -3.71. The highest BCUT2D eigenvalue weighted by molar-refractivity contribution is 6.13. The second-order valence-electron chi connectivity index (χ2n) is 8.03. The molecule has 162 valence electrons.